The van der Waals surface area contributed by atoms with Crippen LogP contribution in [0.15, 0.2) is 48.6 Å². The second-order valence-electron chi connectivity index (χ2n) is 4.25. The van der Waals surface area contributed by atoms with Crippen molar-refractivity contribution in [2.75, 3.05) is 6.61 Å². The lowest BCUT2D eigenvalue weighted by molar-refractivity contribution is -0.142. The fourth-order valence-electron chi connectivity index (χ4n) is 1.79. The van der Waals surface area contributed by atoms with Crippen LogP contribution in [0.5, 0.6) is 0 Å². The lowest BCUT2D eigenvalue weighted by Gasteiger charge is -2.03. The zero-order valence-electron chi connectivity index (χ0n) is 11.0. The molecule has 0 unspecified atom stereocenters. The van der Waals surface area contributed by atoms with E-state index in [1.165, 1.54) is 0 Å². The number of ether oxygens (including phenoxy) is 1. The highest BCUT2D eigenvalue weighted by molar-refractivity contribution is 5.78. The SMILES string of the molecule is C/C=C/COC(=O)CCc1ccc2ccccc2n1. The molecule has 1 aromatic heterocycles. The first kappa shape index (κ1) is 13.3. The number of hydrogen-bond acceptors (Lipinski definition) is 3. The van der Waals surface area contributed by atoms with E-state index in [0.29, 0.717) is 19.4 Å². The van der Waals surface area contributed by atoms with Crippen LogP contribution in [0.1, 0.15) is 19.0 Å². The summed E-state index contributed by atoms with van der Waals surface area (Å²) in [4.78, 5) is 16.0. The van der Waals surface area contributed by atoms with Gasteiger partial charge in [0, 0.05) is 17.5 Å². The van der Waals surface area contributed by atoms with E-state index < -0.39 is 0 Å². The molecule has 0 fully saturated rings. The van der Waals surface area contributed by atoms with Gasteiger partial charge < -0.3 is 4.74 Å². The monoisotopic (exact) mass is 255 g/mol. The van der Waals surface area contributed by atoms with Gasteiger partial charge in [-0.25, -0.2) is 0 Å². The normalized spacial score (nSPS) is 11.0. The molecule has 0 aliphatic rings. The first-order valence-electron chi connectivity index (χ1n) is 6.41. The van der Waals surface area contributed by atoms with Gasteiger partial charge in [-0.3, -0.25) is 9.78 Å². The van der Waals surface area contributed by atoms with Crippen molar-refractivity contribution in [2.45, 2.75) is 19.8 Å². The summed E-state index contributed by atoms with van der Waals surface area (Å²) in [6.45, 7) is 2.24. The Morgan fingerprint density at radius 2 is 2.11 bits per heavy atom. The molecular formula is C16H17NO2. The number of benzene rings is 1. The lowest BCUT2D eigenvalue weighted by atomic mass is 10.1. The van der Waals surface area contributed by atoms with E-state index in [0.717, 1.165) is 16.6 Å². The molecule has 0 aliphatic carbocycles. The van der Waals surface area contributed by atoms with Crippen LogP contribution < -0.4 is 0 Å². The van der Waals surface area contributed by atoms with Crippen molar-refractivity contribution in [3.8, 4) is 0 Å². The van der Waals surface area contributed by atoms with Gasteiger partial charge in [0.1, 0.15) is 6.61 Å². The maximum Gasteiger partial charge on any atom is 0.306 e. The van der Waals surface area contributed by atoms with Crippen LogP contribution >= 0.6 is 0 Å². The molecular weight excluding hydrogens is 238 g/mol. The number of rotatable bonds is 5. The van der Waals surface area contributed by atoms with Crippen LogP contribution in [-0.2, 0) is 16.0 Å². The highest BCUT2D eigenvalue weighted by atomic mass is 16.5. The number of esters is 1. The quantitative estimate of drug-likeness (QED) is 0.608. The Morgan fingerprint density at radius 3 is 2.95 bits per heavy atom. The highest BCUT2D eigenvalue weighted by Crippen LogP contribution is 2.12. The van der Waals surface area contributed by atoms with Crippen molar-refractivity contribution < 1.29 is 9.53 Å². The zero-order valence-corrected chi connectivity index (χ0v) is 11.0. The Hall–Kier alpha value is -2.16. The highest BCUT2D eigenvalue weighted by Gasteiger charge is 2.04. The zero-order chi connectivity index (χ0) is 13.5. The third kappa shape index (κ3) is 3.91. The number of allylic oxidation sites excluding steroid dienone is 1. The molecule has 0 bridgehead atoms. The van der Waals surface area contributed by atoms with Crippen LogP contribution in [0.2, 0.25) is 0 Å². The smallest absolute Gasteiger partial charge is 0.306 e. The number of hydrogen-bond donors (Lipinski definition) is 0. The van der Waals surface area contributed by atoms with Gasteiger partial charge in [0.15, 0.2) is 0 Å². The van der Waals surface area contributed by atoms with E-state index >= 15 is 0 Å². The molecule has 0 saturated heterocycles. The lowest BCUT2D eigenvalue weighted by Crippen LogP contribution is -2.06. The van der Waals surface area contributed by atoms with Gasteiger partial charge in [-0.1, -0.05) is 36.4 Å². The third-order valence-electron chi connectivity index (χ3n) is 2.82. The number of carbonyl (C=O) groups excluding carboxylic acids is 1. The summed E-state index contributed by atoms with van der Waals surface area (Å²) >= 11 is 0. The van der Waals surface area contributed by atoms with E-state index in [2.05, 4.69) is 4.98 Å². The van der Waals surface area contributed by atoms with Gasteiger partial charge in [-0.05, 0) is 19.1 Å². The van der Waals surface area contributed by atoms with Gasteiger partial charge in [-0.15, -0.1) is 0 Å². The topological polar surface area (TPSA) is 39.2 Å². The number of para-hydroxylation sites is 1. The molecule has 1 heterocycles. The number of fused-ring (bicyclic) bond motifs is 1. The van der Waals surface area contributed by atoms with Crippen molar-refractivity contribution in [1.29, 1.82) is 0 Å². The summed E-state index contributed by atoms with van der Waals surface area (Å²) in [5.41, 5.74) is 1.88. The summed E-state index contributed by atoms with van der Waals surface area (Å²) in [5, 5.41) is 1.11. The molecule has 3 nitrogen and oxygen atoms in total. The van der Waals surface area contributed by atoms with Gasteiger partial charge in [0.25, 0.3) is 0 Å². The summed E-state index contributed by atoms with van der Waals surface area (Å²) in [6.07, 6.45) is 4.65. The Bertz CT molecular complexity index is 590. The average molecular weight is 255 g/mol. The van der Waals surface area contributed by atoms with Gasteiger partial charge >= 0.3 is 5.97 Å². The molecule has 3 heteroatoms. The Morgan fingerprint density at radius 1 is 1.26 bits per heavy atom. The number of carbonyl (C=O) groups is 1. The standard InChI is InChI=1S/C16H17NO2/c1-2-3-12-19-16(18)11-10-14-9-8-13-6-4-5-7-15(13)17-14/h2-9H,10-12H2,1H3/b3-2+. The summed E-state index contributed by atoms with van der Waals surface area (Å²) in [5.74, 6) is -0.187. The minimum absolute atomic E-state index is 0.187. The molecule has 0 N–H and O–H groups in total. The molecule has 0 atom stereocenters. The Kier molecular flexibility index (Phi) is 4.67. The molecule has 2 rings (SSSR count). The first-order chi connectivity index (χ1) is 9.29. The van der Waals surface area contributed by atoms with Crippen molar-refractivity contribution in [3.05, 3.63) is 54.2 Å². The predicted molar refractivity (Wildman–Crippen MR) is 75.8 cm³/mol. The second kappa shape index (κ2) is 6.69. The largest absolute Gasteiger partial charge is 0.461 e. The number of aromatic nitrogens is 1. The molecule has 0 saturated carbocycles. The van der Waals surface area contributed by atoms with Crippen molar-refractivity contribution in [1.82, 2.24) is 4.98 Å². The van der Waals surface area contributed by atoms with Crippen LogP contribution in [-0.4, -0.2) is 17.6 Å². The van der Waals surface area contributed by atoms with E-state index in [4.69, 9.17) is 4.74 Å². The second-order valence-corrected chi connectivity index (χ2v) is 4.25. The third-order valence-corrected chi connectivity index (χ3v) is 2.82. The van der Waals surface area contributed by atoms with Gasteiger partial charge in [0.05, 0.1) is 11.9 Å². The fraction of sp³-hybridized carbons (Fsp3) is 0.250. The van der Waals surface area contributed by atoms with Crippen molar-refractivity contribution in [3.63, 3.8) is 0 Å². The van der Waals surface area contributed by atoms with Crippen LogP contribution in [0.4, 0.5) is 0 Å². The van der Waals surface area contributed by atoms with E-state index in [1.807, 2.05) is 55.5 Å². The molecule has 0 radical (unpaired) electrons. The van der Waals surface area contributed by atoms with E-state index in [9.17, 15) is 4.79 Å². The summed E-state index contributed by atoms with van der Waals surface area (Å²) < 4.78 is 5.04. The molecule has 98 valence electrons. The van der Waals surface area contributed by atoms with Gasteiger partial charge in [0.2, 0.25) is 0 Å². The minimum Gasteiger partial charge on any atom is -0.461 e. The van der Waals surface area contributed by atoms with Crippen LogP contribution in [0.25, 0.3) is 10.9 Å². The maximum atomic E-state index is 11.5. The molecule has 2 aromatic rings. The van der Waals surface area contributed by atoms with Crippen molar-refractivity contribution >= 4 is 16.9 Å². The predicted octanol–water partition coefficient (Wildman–Crippen LogP) is 3.29. The molecule has 0 aliphatic heterocycles. The van der Waals surface area contributed by atoms with E-state index in [1.54, 1.807) is 0 Å². The fourth-order valence-corrected chi connectivity index (χ4v) is 1.79. The van der Waals surface area contributed by atoms with Crippen molar-refractivity contribution in [2.24, 2.45) is 0 Å². The van der Waals surface area contributed by atoms with Gasteiger partial charge in [-0.2, -0.15) is 0 Å². The summed E-state index contributed by atoms with van der Waals surface area (Å²) in [6, 6.07) is 11.9. The number of aryl methyl sites for hydroxylation is 1. The van der Waals surface area contributed by atoms with Crippen LogP contribution in [0, 0.1) is 0 Å². The maximum absolute atomic E-state index is 11.5. The Labute approximate surface area is 112 Å². The molecule has 0 spiro atoms. The van der Waals surface area contributed by atoms with E-state index in [-0.39, 0.29) is 5.97 Å². The molecule has 0 amide bonds. The first-order valence-corrected chi connectivity index (χ1v) is 6.41. The molecule has 1 aromatic carbocycles. The number of pyridine rings is 1. The average Bonchev–Trinajstić information content (AvgIpc) is 2.45. The Balaban J connectivity index is 1.92. The summed E-state index contributed by atoms with van der Waals surface area (Å²) in [7, 11) is 0. The van der Waals surface area contributed by atoms with Crippen LogP contribution in [0.3, 0.4) is 0 Å². The molecule has 19 heavy (non-hydrogen) atoms. The number of nitrogens with zero attached hydrogens (tertiary/aromatic N) is 1. The minimum atomic E-state index is -0.187.